The molecule has 19 heavy (non-hydrogen) atoms. The molecule has 2 aliphatic rings. The fourth-order valence-electron chi connectivity index (χ4n) is 2.86. The van der Waals surface area contributed by atoms with Crippen LogP contribution in [0.2, 0.25) is 0 Å². The lowest BCUT2D eigenvalue weighted by Gasteiger charge is -2.27. The zero-order valence-corrected chi connectivity index (χ0v) is 11.1. The summed E-state index contributed by atoms with van der Waals surface area (Å²) < 4.78 is 16.4. The van der Waals surface area contributed by atoms with E-state index in [1.54, 1.807) is 0 Å². The standard InChI is InChI=1S/C15H21NO3/c16-13(11-4-2-1-3-5-11)9-17-12-6-7-14-15(8-12)19-10-18-14/h6-8,11,13H,1-5,9-10,16H2. The highest BCUT2D eigenvalue weighted by Crippen LogP contribution is 2.35. The lowest BCUT2D eigenvalue weighted by molar-refractivity contribution is 0.173. The minimum atomic E-state index is 0.130. The molecule has 4 nitrogen and oxygen atoms in total. The van der Waals surface area contributed by atoms with Crippen LogP contribution in [0.15, 0.2) is 18.2 Å². The van der Waals surface area contributed by atoms with Crippen LogP contribution in [-0.2, 0) is 0 Å². The summed E-state index contributed by atoms with van der Waals surface area (Å²) in [5.74, 6) is 2.95. The monoisotopic (exact) mass is 263 g/mol. The van der Waals surface area contributed by atoms with Gasteiger partial charge >= 0.3 is 0 Å². The number of rotatable bonds is 4. The Kier molecular flexibility index (Phi) is 3.78. The van der Waals surface area contributed by atoms with E-state index in [9.17, 15) is 0 Å². The molecule has 0 spiro atoms. The molecule has 4 heteroatoms. The Hall–Kier alpha value is -1.42. The van der Waals surface area contributed by atoms with Crippen LogP contribution in [-0.4, -0.2) is 19.4 Å². The molecule has 0 bridgehead atoms. The summed E-state index contributed by atoms with van der Waals surface area (Å²) in [6.45, 7) is 0.866. The van der Waals surface area contributed by atoms with Crippen molar-refractivity contribution in [3.63, 3.8) is 0 Å². The minimum absolute atomic E-state index is 0.130. The Labute approximate surface area is 113 Å². The molecule has 1 aliphatic carbocycles. The van der Waals surface area contributed by atoms with Crippen molar-refractivity contribution in [1.82, 2.24) is 0 Å². The first kappa shape index (κ1) is 12.6. The topological polar surface area (TPSA) is 53.7 Å². The van der Waals surface area contributed by atoms with Crippen LogP contribution in [0.5, 0.6) is 17.2 Å². The Bertz CT molecular complexity index is 429. The van der Waals surface area contributed by atoms with Crippen molar-refractivity contribution >= 4 is 0 Å². The van der Waals surface area contributed by atoms with E-state index in [4.69, 9.17) is 19.9 Å². The van der Waals surface area contributed by atoms with E-state index >= 15 is 0 Å². The number of ether oxygens (including phenoxy) is 3. The van der Waals surface area contributed by atoms with Crippen molar-refractivity contribution in [3.05, 3.63) is 18.2 Å². The van der Waals surface area contributed by atoms with Gasteiger partial charge in [-0.1, -0.05) is 19.3 Å². The van der Waals surface area contributed by atoms with Crippen LogP contribution in [0.4, 0.5) is 0 Å². The number of hydrogen-bond donors (Lipinski definition) is 1. The van der Waals surface area contributed by atoms with E-state index in [-0.39, 0.29) is 6.04 Å². The lowest BCUT2D eigenvalue weighted by atomic mass is 9.84. The SMILES string of the molecule is NC(COc1ccc2c(c1)OCO2)C1CCCCC1. The van der Waals surface area contributed by atoms with Crippen LogP contribution < -0.4 is 19.9 Å². The van der Waals surface area contributed by atoms with Gasteiger partial charge in [0.1, 0.15) is 12.4 Å². The van der Waals surface area contributed by atoms with E-state index in [1.165, 1.54) is 32.1 Å². The Morgan fingerprint density at radius 2 is 1.95 bits per heavy atom. The average molecular weight is 263 g/mol. The molecule has 0 aromatic heterocycles. The minimum Gasteiger partial charge on any atom is -0.492 e. The summed E-state index contributed by atoms with van der Waals surface area (Å²) in [6.07, 6.45) is 6.45. The van der Waals surface area contributed by atoms with Gasteiger partial charge in [0, 0.05) is 12.1 Å². The van der Waals surface area contributed by atoms with Crippen molar-refractivity contribution in [2.24, 2.45) is 11.7 Å². The highest BCUT2D eigenvalue weighted by molar-refractivity contribution is 5.46. The molecular weight excluding hydrogens is 242 g/mol. The second-order valence-electron chi connectivity index (χ2n) is 5.39. The molecule has 0 radical (unpaired) electrons. The zero-order valence-electron chi connectivity index (χ0n) is 11.1. The van der Waals surface area contributed by atoms with Gasteiger partial charge in [0.15, 0.2) is 11.5 Å². The summed E-state index contributed by atoms with van der Waals surface area (Å²) >= 11 is 0. The fourth-order valence-corrected chi connectivity index (χ4v) is 2.86. The molecule has 0 amide bonds. The van der Waals surface area contributed by atoms with Gasteiger partial charge in [0.2, 0.25) is 6.79 Å². The van der Waals surface area contributed by atoms with Gasteiger partial charge in [-0.05, 0) is 30.9 Å². The second kappa shape index (κ2) is 5.70. The van der Waals surface area contributed by atoms with Crippen molar-refractivity contribution in [2.75, 3.05) is 13.4 Å². The smallest absolute Gasteiger partial charge is 0.231 e. The third kappa shape index (κ3) is 2.95. The maximum Gasteiger partial charge on any atom is 0.231 e. The molecule has 1 aliphatic heterocycles. The van der Waals surface area contributed by atoms with Crippen LogP contribution in [0.1, 0.15) is 32.1 Å². The summed E-state index contributed by atoms with van der Waals surface area (Å²) in [5, 5.41) is 0. The van der Waals surface area contributed by atoms with Crippen molar-refractivity contribution < 1.29 is 14.2 Å². The van der Waals surface area contributed by atoms with Gasteiger partial charge in [-0.3, -0.25) is 0 Å². The maximum absolute atomic E-state index is 6.23. The molecule has 1 unspecified atom stereocenters. The molecule has 1 atom stereocenters. The first-order valence-corrected chi connectivity index (χ1v) is 7.11. The molecular formula is C15H21NO3. The fraction of sp³-hybridized carbons (Fsp3) is 0.600. The van der Waals surface area contributed by atoms with Gasteiger partial charge in [0.05, 0.1) is 0 Å². The Morgan fingerprint density at radius 1 is 1.16 bits per heavy atom. The van der Waals surface area contributed by atoms with E-state index < -0.39 is 0 Å². The third-order valence-corrected chi connectivity index (χ3v) is 4.04. The van der Waals surface area contributed by atoms with Gasteiger partial charge in [-0.25, -0.2) is 0 Å². The van der Waals surface area contributed by atoms with Gasteiger partial charge in [-0.2, -0.15) is 0 Å². The highest BCUT2D eigenvalue weighted by atomic mass is 16.7. The molecule has 3 rings (SSSR count). The molecule has 2 N–H and O–H groups in total. The predicted molar refractivity (Wildman–Crippen MR) is 72.6 cm³/mol. The normalized spacial score (nSPS) is 20.3. The zero-order chi connectivity index (χ0) is 13.1. The van der Waals surface area contributed by atoms with Crippen molar-refractivity contribution in [1.29, 1.82) is 0 Å². The van der Waals surface area contributed by atoms with Crippen LogP contribution >= 0.6 is 0 Å². The van der Waals surface area contributed by atoms with E-state index in [1.807, 2.05) is 18.2 Å². The molecule has 1 heterocycles. The van der Waals surface area contributed by atoms with Crippen LogP contribution in [0.25, 0.3) is 0 Å². The molecule has 1 aromatic rings. The molecule has 1 saturated carbocycles. The summed E-state index contributed by atoms with van der Waals surface area (Å²) in [5.41, 5.74) is 6.23. The van der Waals surface area contributed by atoms with E-state index in [2.05, 4.69) is 0 Å². The summed E-state index contributed by atoms with van der Waals surface area (Å²) in [4.78, 5) is 0. The number of fused-ring (bicyclic) bond motifs is 1. The van der Waals surface area contributed by atoms with Gasteiger partial charge in [-0.15, -0.1) is 0 Å². The predicted octanol–water partition coefficient (Wildman–Crippen LogP) is 2.70. The third-order valence-electron chi connectivity index (χ3n) is 4.04. The van der Waals surface area contributed by atoms with E-state index in [0.29, 0.717) is 19.3 Å². The van der Waals surface area contributed by atoms with Gasteiger partial charge < -0.3 is 19.9 Å². The Balaban J connectivity index is 1.53. The average Bonchev–Trinajstić information content (AvgIpc) is 2.93. The van der Waals surface area contributed by atoms with Crippen molar-refractivity contribution in [3.8, 4) is 17.2 Å². The first-order chi connectivity index (χ1) is 9.33. The van der Waals surface area contributed by atoms with Crippen LogP contribution in [0, 0.1) is 5.92 Å². The molecule has 1 aromatic carbocycles. The summed E-state index contributed by atoms with van der Waals surface area (Å²) in [7, 11) is 0. The summed E-state index contributed by atoms with van der Waals surface area (Å²) in [6, 6.07) is 5.78. The quantitative estimate of drug-likeness (QED) is 0.907. The number of nitrogens with two attached hydrogens (primary N) is 1. The largest absolute Gasteiger partial charge is 0.492 e. The number of benzene rings is 1. The maximum atomic E-state index is 6.23. The number of hydrogen-bond acceptors (Lipinski definition) is 4. The molecule has 104 valence electrons. The lowest BCUT2D eigenvalue weighted by Crippen LogP contribution is -2.37. The Morgan fingerprint density at radius 3 is 2.79 bits per heavy atom. The molecule has 1 fully saturated rings. The van der Waals surface area contributed by atoms with E-state index in [0.717, 1.165) is 17.2 Å². The van der Waals surface area contributed by atoms with Crippen molar-refractivity contribution in [2.45, 2.75) is 38.1 Å². The molecule has 0 saturated heterocycles. The highest BCUT2D eigenvalue weighted by Gasteiger charge is 2.21. The van der Waals surface area contributed by atoms with Crippen LogP contribution in [0.3, 0.4) is 0 Å². The first-order valence-electron chi connectivity index (χ1n) is 7.11. The van der Waals surface area contributed by atoms with Gasteiger partial charge in [0.25, 0.3) is 0 Å². The second-order valence-corrected chi connectivity index (χ2v) is 5.39.